The third-order valence-corrected chi connectivity index (χ3v) is 7.65. The molecule has 1 aliphatic heterocycles. The van der Waals surface area contributed by atoms with Gasteiger partial charge in [0.1, 0.15) is 5.76 Å². The maximum Gasteiger partial charge on any atom is 0.243 e. The molecule has 0 N–H and O–H groups in total. The fourth-order valence-corrected chi connectivity index (χ4v) is 6.20. The quantitative estimate of drug-likeness (QED) is 0.778. The highest BCUT2D eigenvalue weighted by atomic mass is 32.2. The minimum Gasteiger partial charge on any atom is -0.468 e. The lowest BCUT2D eigenvalue weighted by Gasteiger charge is -2.26. The van der Waals surface area contributed by atoms with Crippen LogP contribution in [0.1, 0.15) is 12.2 Å². The van der Waals surface area contributed by atoms with Gasteiger partial charge in [-0.25, -0.2) is 25.6 Å². The fraction of sp³-hybridized carbons (Fsp3) is 0.333. The van der Waals surface area contributed by atoms with Crippen LogP contribution < -0.4 is 0 Å². The van der Waals surface area contributed by atoms with Crippen LogP contribution in [-0.2, 0) is 26.4 Å². The van der Waals surface area contributed by atoms with Gasteiger partial charge in [0.15, 0.2) is 21.5 Å². The number of sulfonamides is 1. The van der Waals surface area contributed by atoms with Crippen LogP contribution in [-0.4, -0.2) is 38.7 Å². The van der Waals surface area contributed by atoms with E-state index in [4.69, 9.17) is 4.42 Å². The summed E-state index contributed by atoms with van der Waals surface area (Å²) in [4.78, 5) is -0.442. The molecule has 136 valence electrons. The van der Waals surface area contributed by atoms with Gasteiger partial charge in [-0.05, 0) is 36.8 Å². The zero-order valence-electron chi connectivity index (χ0n) is 12.9. The molecular formula is C15H15F2NO5S2. The Bertz CT molecular complexity index is 971. The van der Waals surface area contributed by atoms with Crippen LogP contribution in [0.5, 0.6) is 0 Å². The predicted octanol–water partition coefficient (Wildman–Crippen LogP) is 1.94. The molecule has 0 radical (unpaired) electrons. The van der Waals surface area contributed by atoms with Crippen LogP contribution in [0, 0.1) is 11.6 Å². The van der Waals surface area contributed by atoms with Crippen LogP contribution in [0.15, 0.2) is 45.9 Å². The summed E-state index contributed by atoms with van der Waals surface area (Å²) in [6.45, 7) is -0.200. The van der Waals surface area contributed by atoms with Crippen molar-refractivity contribution in [3.05, 3.63) is 54.0 Å². The van der Waals surface area contributed by atoms with E-state index in [1.807, 2.05) is 0 Å². The predicted molar refractivity (Wildman–Crippen MR) is 84.9 cm³/mol. The second-order valence-electron chi connectivity index (χ2n) is 5.76. The van der Waals surface area contributed by atoms with Crippen molar-refractivity contribution < 1.29 is 30.0 Å². The normalized spacial score (nSPS) is 20.2. The molecule has 2 heterocycles. The van der Waals surface area contributed by atoms with Gasteiger partial charge in [0, 0.05) is 6.04 Å². The maximum atomic E-state index is 13.5. The first kappa shape index (κ1) is 18.0. The lowest BCUT2D eigenvalue weighted by atomic mass is 10.2. The number of hydrogen-bond acceptors (Lipinski definition) is 5. The molecule has 1 fully saturated rings. The molecule has 0 amide bonds. The number of hydrogen-bond donors (Lipinski definition) is 0. The van der Waals surface area contributed by atoms with E-state index in [1.54, 1.807) is 12.1 Å². The van der Waals surface area contributed by atoms with Crippen molar-refractivity contribution in [2.45, 2.75) is 23.9 Å². The van der Waals surface area contributed by atoms with E-state index >= 15 is 0 Å². The van der Waals surface area contributed by atoms with Crippen LogP contribution in [0.4, 0.5) is 8.78 Å². The molecule has 3 rings (SSSR count). The highest BCUT2D eigenvalue weighted by Crippen LogP contribution is 2.28. The Labute approximate surface area is 144 Å². The van der Waals surface area contributed by atoms with Crippen molar-refractivity contribution in [2.75, 3.05) is 11.5 Å². The third kappa shape index (κ3) is 3.75. The van der Waals surface area contributed by atoms with E-state index in [1.165, 1.54) is 6.26 Å². The Balaban J connectivity index is 2.01. The number of nitrogens with zero attached hydrogens (tertiary/aromatic N) is 1. The van der Waals surface area contributed by atoms with Crippen molar-refractivity contribution >= 4 is 19.9 Å². The van der Waals surface area contributed by atoms with E-state index in [2.05, 4.69) is 0 Å². The van der Waals surface area contributed by atoms with Gasteiger partial charge >= 0.3 is 0 Å². The molecular weight excluding hydrogens is 376 g/mol. The molecule has 0 aliphatic carbocycles. The van der Waals surface area contributed by atoms with Gasteiger partial charge in [0.2, 0.25) is 10.0 Å². The Morgan fingerprint density at radius 3 is 2.52 bits per heavy atom. The standard InChI is InChI=1S/C15H15F2NO5S2/c16-14-4-3-13(8-15(14)17)25(21,22)18(9-12-2-1-6-23-12)11-5-7-24(19,20)10-11/h1-4,6,8,11H,5,7,9-10H2/t11-/m1/s1. The first-order valence-electron chi connectivity index (χ1n) is 7.39. The summed E-state index contributed by atoms with van der Waals surface area (Å²) in [6.07, 6.45) is 1.50. The first-order valence-corrected chi connectivity index (χ1v) is 10.6. The fourth-order valence-electron chi connectivity index (χ4n) is 2.74. The van der Waals surface area contributed by atoms with Gasteiger partial charge < -0.3 is 4.42 Å². The Morgan fingerprint density at radius 1 is 1.20 bits per heavy atom. The molecule has 1 aromatic carbocycles. The number of sulfone groups is 1. The van der Waals surface area contributed by atoms with Gasteiger partial charge in [0.05, 0.1) is 29.2 Å². The molecule has 10 heteroatoms. The van der Waals surface area contributed by atoms with Crippen LogP contribution in [0.3, 0.4) is 0 Å². The molecule has 6 nitrogen and oxygen atoms in total. The second-order valence-corrected chi connectivity index (χ2v) is 9.88. The molecule has 0 unspecified atom stereocenters. The smallest absolute Gasteiger partial charge is 0.243 e. The molecule has 0 spiro atoms. The van der Waals surface area contributed by atoms with E-state index in [0.717, 1.165) is 16.4 Å². The number of rotatable bonds is 5. The Kier molecular flexibility index (Phi) is 4.69. The monoisotopic (exact) mass is 391 g/mol. The summed E-state index contributed by atoms with van der Waals surface area (Å²) in [5, 5.41) is 0. The first-order chi connectivity index (χ1) is 11.7. The molecule has 1 aromatic heterocycles. The number of benzene rings is 1. The van der Waals surface area contributed by atoms with Gasteiger partial charge in [-0.1, -0.05) is 0 Å². The van der Waals surface area contributed by atoms with Crippen molar-refractivity contribution in [3.63, 3.8) is 0 Å². The number of furan rings is 1. The van der Waals surface area contributed by atoms with E-state index in [0.29, 0.717) is 11.8 Å². The third-order valence-electron chi connectivity index (χ3n) is 4.01. The van der Waals surface area contributed by atoms with Crippen molar-refractivity contribution in [2.24, 2.45) is 0 Å². The highest BCUT2D eigenvalue weighted by Gasteiger charge is 2.39. The van der Waals surface area contributed by atoms with Gasteiger partial charge in [-0.2, -0.15) is 4.31 Å². The minimum absolute atomic E-state index is 0.125. The summed E-state index contributed by atoms with van der Waals surface area (Å²) in [7, 11) is -7.60. The highest BCUT2D eigenvalue weighted by molar-refractivity contribution is 7.92. The molecule has 1 atom stereocenters. The molecule has 0 saturated carbocycles. The Hall–Kier alpha value is -1.78. The molecule has 2 aromatic rings. The van der Waals surface area contributed by atoms with Crippen molar-refractivity contribution in [1.29, 1.82) is 0 Å². The van der Waals surface area contributed by atoms with E-state index in [9.17, 15) is 25.6 Å². The van der Waals surface area contributed by atoms with Crippen LogP contribution in [0.25, 0.3) is 0 Å². The largest absolute Gasteiger partial charge is 0.468 e. The lowest BCUT2D eigenvalue weighted by Crippen LogP contribution is -2.40. The summed E-state index contributed by atoms with van der Waals surface area (Å²) >= 11 is 0. The average Bonchev–Trinajstić information content (AvgIpc) is 3.16. The van der Waals surface area contributed by atoms with E-state index in [-0.39, 0.29) is 24.5 Å². The summed E-state index contributed by atoms with van der Waals surface area (Å²) in [5.74, 6) is -2.59. The summed E-state index contributed by atoms with van der Waals surface area (Å²) in [5.41, 5.74) is 0. The van der Waals surface area contributed by atoms with Crippen LogP contribution >= 0.6 is 0 Å². The van der Waals surface area contributed by atoms with Gasteiger partial charge in [-0.3, -0.25) is 0 Å². The summed E-state index contributed by atoms with van der Waals surface area (Å²) in [6, 6.07) is 4.59. The zero-order valence-corrected chi connectivity index (χ0v) is 14.6. The number of halogens is 2. The summed E-state index contributed by atoms with van der Waals surface area (Å²) < 4.78 is 82.1. The molecule has 25 heavy (non-hydrogen) atoms. The van der Waals surface area contributed by atoms with Crippen molar-refractivity contribution in [1.82, 2.24) is 4.31 Å². The van der Waals surface area contributed by atoms with Crippen molar-refractivity contribution in [3.8, 4) is 0 Å². The molecule has 1 saturated heterocycles. The molecule has 0 bridgehead atoms. The Morgan fingerprint density at radius 2 is 1.96 bits per heavy atom. The molecule has 1 aliphatic rings. The topological polar surface area (TPSA) is 84.7 Å². The zero-order chi connectivity index (χ0) is 18.2. The average molecular weight is 391 g/mol. The SMILES string of the molecule is O=S1(=O)CC[C@@H](N(Cc2ccco2)S(=O)(=O)c2ccc(F)c(F)c2)C1. The van der Waals surface area contributed by atoms with E-state index < -0.39 is 42.4 Å². The maximum absolute atomic E-state index is 13.5. The van der Waals surface area contributed by atoms with Gasteiger partial charge in [0.25, 0.3) is 0 Å². The lowest BCUT2D eigenvalue weighted by molar-refractivity contribution is 0.306. The minimum atomic E-state index is -4.25. The van der Waals surface area contributed by atoms with Crippen LogP contribution in [0.2, 0.25) is 0 Å². The van der Waals surface area contributed by atoms with Gasteiger partial charge in [-0.15, -0.1) is 0 Å². The second kappa shape index (κ2) is 6.50.